The summed E-state index contributed by atoms with van der Waals surface area (Å²) in [4.78, 5) is 0. The molecule has 2 nitrogen and oxygen atoms in total. The van der Waals surface area contributed by atoms with Crippen LogP contribution in [0.25, 0.3) is 0 Å². The van der Waals surface area contributed by atoms with Crippen LogP contribution in [-0.4, -0.2) is 19.7 Å². The van der Waals surface area contributed by atoms with Gasteiger partial charge in [0.25, 0.3) is 0 Å². The SMILES string of the molecule is Fc1ccc(OCC2=CCNCC2)cc1C(F)(F)F. The van der Waals surface area contributed by atoms with Crippen LogP contribution >= 0.6 is 0 Å². The number of halogens is 4. The summed E-state index contributed by atoms with van der Waals surface area (Å²) in [6, 6.07) is 2.66. The summed E-state index contributed by atoms with van der Waals surface area (Å²) in [5.41, 5.74) is -0.277. The summed E-state index contributed by atoms with van der Waals surface area (Å²) in [6.45, 7) is 1.78. The monoisotopic (exact) mass is 275 g/mol. The van der Waals surface area contributed by atoms with Crippen LogP contribution in [0.5, 0.6) is 5.75 Å². The summed E-state index contributed by atoms with van der Waals surface area (Å²) < 4.78 is 55.9. The Balaban J connectivity index is 2.07. The van der Waals surface area contributed by atoms with E-state index in [-0.39, 0.29) is 12.4 Å². The van der Waals surface area contributed by atoms with E-state index in [1.54, 1.807) is 0 Å². The van der Waals surface area contributed by atoms with Crippen molar-refractivity contribution in [3.05, 3.63) is 41.2 Å². The van der Waals surface area contributed by atoms with Crippen LogP contribution in [0.4, 0.5) is 17.6 Å². The zero-order valence-corrected chi connectivity index (χ0v) is 10.1. The fourth-order valence-electron chi connectivity index (χ4n) is 1.79. The van der Waals surface area contributed by atoms with E-state index in [2.05, 4.69) is 5.32 Å². The van der Waals surface area contributed by atoms with E-state index >= 15 is 0 Å². The maximum absolute atomic E-state index is 13.1. The van der Waals surface area contributed by atoms with Crippen LogP contribution in [0.15, 0.2) is 29.8 Å². The van der Waals surface area contributed by atoms with Gasteiger partial charge in [-0.25, -0.2) is 4.39 Å². The predicted molar refractivity (Wildman–Crippen MR) is 62.5 cm³/mol. The first-order valence-electron chi connectivity index (χ1n) is 5.85. The van der Waals surface area contributed by atoms with Gasteiger partial charge in [0.1, 0.15) is 18.2 Å². The highest BCUT2D eigenvalue weighted by molar-refractivity contribution is 5.32. The molecule has 0 aliphatic carbocycles. The molecule has 1 aromatic carbocycles. The number of ether oxygens (including phenoxy) is 1. The molecule has 2 rings (SSSR count). The number of nitrogens with one attached hydrogen (secondary N) is 1. The van der Waals surface area contributed by atoms with Gasteiger partial charge in [0.05, 0.1) is 5.56 Å². The van der Waals surface area contributed by atoms with Gasteiger partial charge in [-0.15, -0.1) is 0 Å². The zero-order chi connectivity index (χ0) is 13.9. The minimum absolute atomic E-state index is 0.0214. The first kappa shape index (κ1) is 13.9. The summed E-state index contributed by atoms with van der Waals surface area (Å²) in [5.74, 6) is -1.27. The molecule has 6 heteroatoms. The summed E-state index contributed by atoms with van der Waals surface area (Å²) >= 11 is 0. The number of benzene rings is 1. The molecule has 104 valence electrons. The van der Waals surface area contributed by atoms with E-state index in [0.29, 0.717) is 6.07 Å². The summed E-state index contributed by atoms with van der Waals surface area (Å²) in [5, 5.41) is 3.12. The summed E-state index contributed by atoms with van der Waals surface area (Å²) in [6.07, 6.45) is -1.97. The molecule has 0 spiro atoms. The molecule has 0 atom stereocenters. The highest BCUT2D eigenvalue weighted by Gasteiger charge is 2.34. The van der Waals surface area contributed by atoms with E-state index in [4.69, 9.17) is 4.74 Å². The third-order valence-electron chi connectivity index (χ3n) is 2.83. The molecule has 19 heavy (non-hydrogen) atoms. The van der Waals surface area contributed by atoms with Gasteiger partial charge < -0.3 is 10.1 Å². The summed E-state index contributed by atoms with van der Waals surface area (Å²) in [7, 11) is 0. The van der Waals surface area contributed by atoms with E-state index in [1.165, 1.54) is 6.07 Å². The molecule has 0 saturated heterocycles. The van der Waals surface area contributed by atoms with Crippen LogP contribution in [-0.2, 0) is 6.18 Å². The van der Waals surface area contributed by atoms with Crippen molar-refractivity contribution >= 4 is 0 Å². The average molecular weight is 275 g/mol. The average Bonchev–Trinajstić information content (AvgIpc) is 2.37. The quantitative estimate of drug-likeness (QED) is 0.676. The number of rotatable bonds is 3. The van der Waals surface area contributed by atoms with Gasteiger partial charge in [-0.1, -0.05) is 6.08 Å². The number of hydrogen-bond acceptors (Lipinski definition) is 2. The van der Waals surface area contributed by atoms with Gasteiger partial charge >= 0.3 is 6.18 Å². The van der Waals surface area contributed by atoms with Crippen molar-refractivity contribution in [2.24, 2.45) is 0 Å². The zero-order valence-electron chi connectivity index (χ0n) is 10.1. The number of alkyl halides is 3. The van der Waals surface area contributed by atoms with Gasteiger partial charge in [0.15, 0.2) is 0 Å². The van der Waals surface area contributed by atoms with Crippen LogP contribution in [0.1, 0.15) is 12.0 Å². The normalized spacial score (nSPS) is 16.1. The molecule has 0 amide bonds. The molecule has 0 radical (unpaired) electrons. The van der Waals surface area contributed by atoms with Gasteiger partial charge in [0, 0.05) is 6.54 Å². The number of hydrogen-bond donors (Lipinski definition) is 1. The van der Waals surface area contributed by atoms with Crippen molar-refractivity contribution in [2.45, 2.75) is 12.6 Å². The van der Waals surface area contributed by atoms with Crippen LogP contribution < -0.4 is 10.1 Å². The standard InChI is InChI=1S/C13H13F4NO/c14-12-2-1-10(7-11(12)13(15,16)17)19-8-9-3-5-18-6-4-9/h1-3,7,18H,4-6,8H2. The maximum Gasteiger partial charge on any atom is 0.419 e. The minimum Gasteiger partial charge on any atom is -0.489 e. The Morgan fingerprint density at radius 3 is 2.68 bits per heavy atom. The van der Waals surface area contributed by atoms with Crippen LogP contribution in [0.2, 0.25) is 0 Å². The smallest absolute Gasteiger partial charge is 0.419 e. The maximum atomic E-state index is 13.1. The first-order valence-corrected chi connectivity index (χ1v) is 5.85. The van der Waals surface area contributed by atoms with Crippen molar-refractivity contribution in [3.63, 3.8) is 0 Å². The fourth-order valence-corrected chi connectivity index (χ4v) is 1.79. The predicted octanol–water partition coefficient (Wildman–Crippen LogP) is 3.14. The minimum atomic E-state index is -4.71. The van der Waals surface area contributed by atoms with Gasteiger partial charge in [-0.3, -0.25) is 0 Å². The molecule has 0 aromatic heterocycles. The van der Waals surface area contributed by atoms with Crippen molar-refractivity contribution < 1.29 is 22.3 Å². The highest BCUT2D eigenvalue weighted by atomic mass is 19.4. The molecule has 0 saturated carbocycles. The Labute approximate surface area is 108 Å². The lowest BCUT2D eigenvalue weighted by Gasteiger charge is -2.15. The molecule has 1 aliphatic heterocycles. The Morgan fingerprint density at radius 2 is 2.05 bits per heavy atom. The van der Waals surface area contributed by atoms with E-state index in [1.807, 2.05) is 6.08 Å². The van der Waals surface area contributed by atoms with E-state index in [0.717, 1.165) is 31.1 Å². The van der Waals surface area contributed by atoms with Gasteiger partial charge in [-0.05, 0) is 36.7 Å². The van der Waals surface area contributed by atoms with Crippen LogP contribution in [0, 0.1) is 5.82 Å². The first-order chi connectivity index (χ1) is 8.97. The lowest BCUT2D eigenvalue weighted by molar-refractivity contribution is -0.140. The Bertz CT molecular complexity index is 482. The molecule has 0 bridgehead atoms. The topological polar surface area (TPSA) is 21.3 Å². The third-order valence-corrected chi connectivity index (χ3v) is 2.83. The third kappa shape index (κ3) is 3.70. The Kier molecular flexibility index (Phi) is 4.09. The lowest BCUT2D eigenvalue weighted by Crippen LogP contribution is -2.22. The fraction of sp³-hybridized carbons (Fsp3) is 0.385. The molecule has 0 unspecified atom stereocenters. The largest absolute Gasteiger partial charge is 0.489 e. The van der Waals surface area contributed by atoms with Gasteiger partial charge in [-0.2, -0.15) is 13.2 Å². The second kappa shape index (κ2) is 5.61. The second-order valence-electron chi connectivity index (χ2n) is 4.24. The van der Waals surface area contributed by atoms with Crippen molar-refractivity contribution in [3.8, 4) is 5.75 Å². The molecule has 1 aliphatic rings. The van der Waals surface area contributed by atoms with Crippen molar-refractivity contribution in [1.82, 2.24) is 5.32 Å². The van der Waals surface area contributed by atoms with Gasteiger partial charge in [0.2, 0.25) is 0 Å². The molecule has 0 fully saturated rings. The Hall–Kier alpha value is -1.56. The molecular formula is C13H13F4NO. The van der Waals surface area contributed by atoms with Crippen molar-refractivity contribution in [1.29, 1.82) is 0 Å². The lowest BCUT2D eigenvalue weighted by atomic mass is 10.1. The van der Waals surface area contributed by atoms with E-state index < -0.39 is 17.6 Å². The molecule has 1 aromatic rings. The molecular weight excluding hydrogens is 262 g/mol. The molecule has 1 N–H and O–H groups in total. The Morgan fingerprint density at radius 1 is 1.26 bits per heavy atom. The highest BCUT2D eigenvalue weighted by Crippen LogP contribution is 2.33. The van der Waals surface area contributed by atoms with Crippen molar-refractivity contribution in [2.75, 3.05) is 19.7 Å². The second-order valence-corrected chi connectivity index (χ2v) is 4.24. The molecule has 1 heterocycles. The van der Waals surface area contributed by atoms with E-state index in [9.17, 15) is 17.6 Å². The van der Waals surface area contributed by atoms with Crippen LogP contribution in [0.3, 0.4) is 0 Å².